The van der Waals surface area contributed by atoms with E-state index < -0.39 is 26.6 Å². The number of anilines is 2. The molecule has 106 valence electrons. The number of rotatable bonds is 3. The van der Waals surface area contributed by atoms with Gasteiger partial charge in [-0.15, -0.1) is 0 Å². The fraction of sp³-hybridized carbons (Fsp3) is 0.0769. The highest BCUT2D eigenvalue weighted by atomic mass is 32.2. The number of sulfonamides is 1. The van der Waals surface area contributed by atoms with E-state index in [1.807, 2.05) is 4.72 Å². The number of nitrogen functional groups attached to an aromatic ring is 1. The third-order valence-electron chi connectivity index (χ3n) is 2.61. The average Bonchev–Trinajstić information content (AvgIpc) is 2.36. The van der Waals surface area contributed by atoms with Gasteiger partial charge in [-0.25, -0.2) is 17.2 Å². The number of hydrogen-bond donors (Lipinski definition) is 2. The Hall–Kier alpha value is -2.15. The van der Waals surface area contributed by atoms with Gasteiger partial charge < -0.3 is 5.73 Å². The predicted octanol–water partition coefficient (Wildman–Crippen LogP) is 2.66. The second-order valence-electron chi connectivity index (χ2n) is 4.28. The zero-order valence-electron chi connectivity index (χ0n) is 10.5. The Labute approximate surface area is 115 Å². The van der Waals surface area contributed by atoms with Gasteiger partial charge in [0.25, 0.3) is 10.0 Å². The number of hydrogen-bond acceptors (Lipinski definition) is 3. The van der Waals surface area contributed by atoms with Gasteiger partial charge in [-0.05, 0) is 42.8 Å². The molecule has 0 heterocycles. The Morgan fingerprint density at radius 3 is 2.40 bits per heavy atom. The maximum absolute atomic E-state index is 13.6. The summed E-state index contributed by atoms with van der Waals surface area (Å²) in [5, 5.41) is 0. The lowest BCUT2D eigenvalue weighted by Gasteiger charge is -2.10. The van der Waals surface area contributed by atoms with Crippen LogP contribution in [-0.2, 0) is 10.0 Å². The third kappa shape index (κ3) is 2.88. The molecule has 0 saturated carbocycles. The van der Waals surface area contributed by atoms with E-state index in [0.717, 1.165) is 18.2 Å². The molecule has 0 aromatic heterocycles. The number of halogens is 2. The third-order valence-corrected chi connectivity index (χ3v) is 3.99. The number of nitrogens with two attached hydrogens (primary N) is 1. The minimum Gasteiger partial charge on any atom is -0.399 e. The van der Waals surface area contributed by atoms with Crippen molar-refractivity contribution in [3.8, 4) is 0 Å². The molecule has 0 aliphatic heterocycles. The average molecular weight is 298 g/mol. The largest absolute Gasteiger partial charge is 0.399 e. The number of benzene rings is 2. The molecule has 0 amide bonds. The molecule has 0 fully saturated rings. The minimum absolute atomic E-state index is 0.189. The van der Waals surface area contributed by atoms with Crippen LogP contribution in [0.3, 0.4) is 0 Å². The van der Waals surface area contributed by atoms with E-state index in [9.17, 15) is 17.2 Å². The summed E-state index contributed by atoms with van der Waals surface area (Å²) in [6.45, 7) is 1.62. The minimum atomic E-state index is -4.23. The van der Waals surface area contributed by atoms with Crippen LogP contribution in [0.2, 0.25) is 0 Å². The Morgan fingerprint density at radius 1 is 1.05 bits per heavy atom. The SMILES string of the molecule is Cc1ccc(F)c(S(=O)(=O)Nc2cc(N)ccc2F)c1. The molecule has 0 bridgehead atoms. The van der Waals surface area contributed by atoms with E-state index >= 15 is 0 Å². The summed E-state index contributed by atoms with van der Waals surface area (Å²) in [5.41, 5.74) is 5.89. The maximum atomic E-state index is 13.6. The van der Waals surface area contributed by atoms with Crippen LogP contribution in [0.1, 0.15) is 5.56 Å². The van der Waals surface area contributed by atoms with Crippen LogP contribution in [0.4, 0.5) is 20.2 Å². The van der Waals surface area contributed by atoms with Gasteiger partial charge >= 0.3 is 0 Å². The molecule has 4 nitrogen and oxygen atoms in total. The van der Waals surface area contributed by atoms with E-state index in [-0.39, 0.29) is 11.4 Å². The van der Waals surface area contributed by atoms with Crippen LogP contribution in [0.5, 0.6) is 0 Å². The van der Waals surface area contributed by atoms with Gasteiger partial charge in [-0.1, -0.05) is 6.07 Å². The Kier molecular flexibility index (Phi) is 3.63. The molecule has 0 aliphatic carbocycles. The lowest BCUT2D eigenvalue weighted by Crippen LogP contribution is -2.16. The first kappa shape index (κ1) is 14.3. The van der Waals surface area contributed by atoms with E-state index in [4.69, 9.17) is 5.73 Å². The fourth-order valence-electron chi connectivity index (χ4n) is 1.64. The smallest absolute Gasteiger partial charge is 0.264 e. The highest BCUT2D eigenvalue weighted by Gasteiger charge is 2.20. The van der Waals surface area contributed by atoms with Crippen LogP contribution >= 0.6 is 0 Å². The standard InChI is InChI=1S/C13H12F2N2O2S/c1-8-2-4-11(15)13(6-8)20(18,19)17-12-7-9(16)3-5-10(12)14/h2-7,17H,16H2,1H3. The highest BCUT2D eigenvalue weighted by Crippen LogP contribution is 2.23. The highest BCUT2D eigenvalue weighted by molar-refractivity contribution is 7.92. The summed E-state index contributed by atoms with van der Waals surface area (Å²) >= 11 is 0. The monoisotopic (exact) mass is 298 g/mol. The Balaban J connectivity index is 2.46. The van der Waals surface area contributed by atoms with E-state index in [2.05, 4.69) is 0 Å². The Morgan fingerprint density at radius 2 is 1.70 bits per heavy atom. The van der Waals surface area contributed by atoms with Crippen molar-refractivity contribution in [2.75, 3.05) is 10.5 Å². The predicted molar refractivity (Wildman–Crippen MR) is 72.8 cm³/mol. The first-order valence-corrected chi connectivity index (χ1v) is 7.12. The van der Waals surface area contributed by atoms with Crippen molar-refractivity contribution in [1.82, 2.24) is 0 Å². The van der Waals surface area contributed by atoms with Crippen LogP contribution in [0.25, 0.3) is 0 Å². The second kappa shape index (κ2) is 5.09. The van der Waals surface area contributed by atoms with Crippen molar-refractivity contribution >= 4 is 21.4 Å². The zero-order valence-corrected chi connectivity index (χ0v) is 11.3. The van der Waals surface area contributed by atoms with Gasteiger partial charge in [0.1, 0.15) is 16.5 Å². The molecule has 2 rings (SSSR count). The summed E-state index contributed by atoms with van der Waals surface area (Å²) in [4.78, 5) is -0.542. The van der Waals surface area contributed by atoms with Crippen LogP contribution in [0.15, 0.2) is 41.3 Å². The number of nitrogens with one attached hydrogen (secondary N) is 1. The molecule has 2 aromatic rings. The van der Waals surface area contributed by atoms with Crippen molar-refractivity contribution in [2.24, 2.45) is 0 Å². The molecule has 2 aromatic carbocycles. The van der Waals surface area contributed by atoms with Gasteiger partial charge in [0.15, 0.2) is 0 Å². The molecule has 0 spiro atoms. The van der Waals surface area contributed by atoms with Gasteiger partial charge in [0.05, 0.1) is 5.69 Å². The molecule has 0 atom stereocenters. The van der Waals surface area contributed by atoms with Gasteiger partial charge in [0.2, 0.25) is 0 Å². The maximum Gasteiger partial charge on any atom is 0.264 e. The molecule has 0 saturated heterocycles. The van der Waals surface area contributed by atoms with Gasteiger partial charge in [-0.2, -0.15) is 0 Å². The summed E-state index contributed by atoms with van der Waals surface area (Å²) in [5.74, 6) is -1.71. The summed E-state index contributed by atoms with van der Waals surface area (Å²) < 4.78 is 53.3. The van der Waals surface area contributed by atoms with E-state index in [0.29, 0.717) is 5.56 Å². The van der Waals surface area contributed by atoms with Crippen LogP contribution in [-0.4, -0.2) is 8.42 Å². The fourth-order valence-corrected chi connectivity index (χ4v) is 2.86. The van der Waals surface area contributed by atoms with Gasteiger partial charge in [0, 0.05) is 5.69 Å². The lowest BCUT2D eigenvalue weighted by atomic mass is 10.2. The van der Waals surface area contributed by atoms with E-state index in [1.54, 1.807) is 6.92 Å². The normalized spacial score (nSPS) is 11.3. The quantitative estimate of drug-likeness (QED) is 0.856. The number of aryl methyl sites for hydroxylation is 1. The molecular weight excluding hydrogens is 286 g/mol. The summed E-state index contributed by atoms with van der Waals surface area (Å²) in [6.07, 6.45) is 0. The lowest BCUT2D eigenvalue weighted by molar-refractivity contribution is 0.569. The van der Waals surface area contributed by atoms with Gasteiger partial charge in [-0.3, -0.25) is 4.72 Å². The van der Waals surface area contributed by atoms with Crippen LogP contribution < -0.4 is 10.5 Å². The van der Waals surface area contributed by atoms with Crippen molar-refractivity contribution in [1.29, 1.82) is 0 Å². The first-order chi connectivity index (χ1) is 9.29. The van der Waals surface area contributed by atoms with E-state index in [1.165, 1.54) is 18.2 Å². The molecule has 0 aliphatic rings. The molecule has 7 heteroatoms. The molecule has 0 unspecified atom stereocenters. The van der Waals surface area contributed by atoms with Crippen molar-refractivity contribution < 1.29 is 17.2 Å². The molecule has 3 N–H and O–H groups in total. The summed E-state index contributed by atoms with van der Waals surface area (Å²) in [7, 11) is -4.23. The van der Waals surface area contributed by atoms with Crippen molar-refractivity contribution in [2.45, 2.75) is 11.8 Å². The van der Waals surface area contributed by atoms with Crippen molar-refractivity contribution in [3.63, 3.8) is 0 Å². The summed E-state index contributed by atoms with van der Waals surface area (Å²) in [6, 6.07) is 7.09. The first-order valence-electron chi connectivity index (χ1n) is 5.63. The zero-order chi connectivity index (χ0) is 14.9. The topological polar surface area (TPSA) is 72.2 Å². The second-order valence-corrected chi connectivity index (χ2v) is 5.93. The Bertz CT molecular complexity index is 761. The molecule has 0 radical (unpaired) electrons. The molecule has 20 heavy (non-hydrogen) atoms. The molecular formula is C13H12F2N2O2S. The van der Waals surface area contributed by atoms with Crippen LogP contribution in [0, 0.1) is 18.6 Å². The van der Waals surface area contributed by atoms with Crippen molar-refractivity contribution in [3.05, 3.63) is 53.6 Å².